The van der Waals surface area contributed by atoms with Crippen LogP contribution >= 0.6 is 15.9 Å². The van der Waals surface area contributed by atoms with Crippen molar-refractivity contribution in [3.05, 3.63) is 70.0 Å². The number of hydrogen-bond acceptors (Lipinski definition) is 4. The van der Waals surface area contributed by atoms with E-state index < -0.39 is 17.7 Å². The minimum atomic E-state index is -0.651. The Kier molecular flexibility index (Phi) is 6.82. The summed E-state index contributed by atoms with van der Waals surface area (Å²) in [6.07, 6.45) is 3.09. The Hall–Kier alpha value is -2.51. The van der Waals surface area contributed by atoms with Crippen LogP contribution in [0.15, 0.2) is 58.8 Å². The predicted octanol–water partition coefficient (Wildman–Crippen LogP) is 2.19. The van der Waals surface area contributed by atoms with Gasteiger partial charge in [0.15, 0.2) is 0 Å². The highest BCUT2D eigenvalue weighted by Gasteiger charge is 2.46. The van der Waals surface area contributed by atoms with Gasteiger partial charge in [-0.3, -0.25) is 14.6 Å². The van der Waals surface area contributed by atoms with Crippen LogP contribution in [0.1, 0.15) is 31.0 Å². The summed E-state index contributed by atoms with van der Waals surface area (Å²) in [6, 6.07) is 10.1. The molecule has 1 saturated heterocycles. The van der Waals surface area contributed by atoms with E-state index in [2.05, 4.69) is 34.8 Å². The van der Waals surface area contributed by atoms with Gasteiger partial charge in [0.05, 0.1) is 37.8 Å². The molecule has 3 rings (SSSR count). The fourth-order valence-corrected chi connectivity index (χ4v) is 3.91. The zero-order chi connectivity index (χ0) is 21.0. The van der Waals surface area contributed by atoms with Gasteiger partial charge in [-0.15, -0.1) is 0 Å². The summed E-state index contributed by atoms with van der Waals surface area (Å²) in [6.45, 7) is 7.27. The molecule has 7 heteroatoms. The van der Waals surface area contributed by atoms with Crippen LogP contribution in [-0.4, -0.2) is 52.9 Å². The van der Waals surface area contributed by atoms with Gasteiger partial charge in [-0.05, 0) is 43.7 Å². The topological polar surface area (TPSA) is 74.9 Å². The van der Waals surface area contributed by atoms with Crippen molar-refractivity contribution in [1.82, 2.24) is 9.88 Å². The van der Waals surface area contributed by atoms with Crippen molar-refractivity contribution in [3.8, 4) is 0 Å². The van der Waals surface area contributed by atoms with Gasteiger partial charge in [0.25, 0.3) is 11.7 Å². The number of likely N-dealkylation sites (N-methyl/N-ethyl adjacent to an activating group) is 1. The molecule has 0 saturated carbocycles. The average Bonchev–Trinajstić information content (AvgIpc) is 3.00. The Morgan fingerprint density at radius 1 is 1.10 bits per heavy atom. The molecule has 0 bridgehead atoms. The maximum atomic E-state index is 12.9. The lowest BCUT2D eigenvalue weighted by molar-refractivity contribution is -0.895. The Balaban J connectivity index is 2.07. The second-order valence-corrected chi connectivity index (χ2v) is 7.90. The van der Waals surface area contributed by atoms with Gasteiger partial charge in [-0.2, -0.15) is 0 Å². The third kappa shape index (κ3) is 4.41. The smallest absolute Gasteiger partial charge is 0.295 e. The number of pyridine rings is 1. The van der Waals surface area contributed by atoms with E-state index in [9.17, 15) is 14.7 Å². The van der Waals surface area contributed by atoms with Crippen molar-refractivity contribution in [1.29, 1.82) is 0 Å². The monoisotopic (exact) mass is 458 g/mol. The van der Waals surface area contributed by atoms with Gasteiger partial charge >= 0.3 is 0 Å². The molecular formula is C22H25BrN3O3+. The van der Waals surface area contributed by atoms with Gasteiger partial charge in [-0.1, -0.05) is 28.1 Å². The standard InChI is InChI=1S/C22H24BrN3O3/c1-3-25(4-2)13-14-26-19(15-5-7-17(23)8-6-15)18(21(28)22(26)29)20(27)16-9-11-24-12-10-16/h5-12,19,27H,3-4,13-14H2,1-2H3/p+1. The number of hydrogen-bond donors (Lipinski definition) is 2. The van der Waals surface area contributed by atoms with Crippen molar-refractivity contribution < 1.29 is 19.6 Å². The highest BCUT2D eigenvalue weighted by Crippen LogP contribution is 2.39. The molecule has 1 amide bonds. The van der Waals surface area contributed by atoms with Gasteiger partial charge in [-0.25, -0.2) is 0 Å². The number of nitrogens with one attached hydrogen (secondary N) is 1. The maximum absolute atomic E-state index is 12.9. The molecule has 152 valence electrons. The molecule has 0 aliphatic carbocycles. The lowest BCUT2D eigenvalue weighted by Crippen LogP contribution is -3.12. The van der Waals surface area contributed by atoms with Crippen molar-refractivity contribution in [2.75, 3.05) is 26.2 Å². The molecule has 1 aliphatic rings. The van der Waals surface area contributed by atoms with Gasteiger partial charge in [0.1, 0.15) is 5.76 Å². The molecule has 2 heterocycles. The molecule has 1 aliphatic heterocycles. The van der Waals surface area contributed by atoms with Crippen LogP contribution in [0, 0.1) is 0 Å². The van der Waals surface area contributed by atoms with Crippen LogP contribution in [0.4, 0.5) is 0 Å². The van der Waals surface area contributed by atoms with Crippen molar-refractivity contribution in [2.45, 2.75) is 19.9 Å². The maximum Gasteiger partial charge on any atom is 0.295 e. The molecule has 2 aromatic rings. The summed E-state index contributed by atoms with van der Waals surface area (Å²) in [5, 5.41) is 10.9. The lowest BCUT2D eigenvalue weighted by Gasteiger charge is -2.27. The normalized spacial score (nSPS) is 18.6. The van der Waals surface area contributed by atoms with E-state index in [0.29, 0.717) is 12.1 Å². The van der Waals surface area contributed by atoms with E-state index in [0.717, 1.165) is 29.7 Å². The van der Waals surface area contributed by atoms with E-state index in [1.807, 2.05) is 24.3 Å². The van der Waals surface area contributed by atoms with Crippen LogP contribution in [0.2, 0.25) is 0 Å². The second-order valence-electron chi connectivity index (χ2n) is 6.99. The summed E-state index contributed by atoms with van der Waals surface area (Å²) in [4.78, 5) is 32.7. The minimum absolute atomic E-state index is 0.123. The SMILES string of the molecule is CC[NH+](CC)CCN1C(=O)C(=O)C(=C(O)c2ccncc2)C1c1ccc(Br)cc1. The number of quaternary nitrogens is 1. The van der Waals surface area contributed by atoms with Crippen LogP contribution in [0.25, 0.3) is 5.76 Å². The van der Waals surface area contributed by atoms with Gasteiger partial charge < -0.3 is 14.9 Å². The highest BCUT2D eigenvalue weighted by molar-refractivity contribution is 9.10. The van der Waals surface area contributed by atoms with Crippen LogP contribution in [-0.2, 0) is 9.59 Å². The Morgan fingerprint density at radius 3 is 2.31 bits per heavy atom. The minimum Gasteiger partial charge on any atom is -0.507 e. The summed E-state index contributed by atoms with van der Waals surface area (Å²) >= 11 is 3.42. The first-order valence-electron chi connectivity index (χ1n) is 9.75. The van der Waals surface area contributed by atoms with Crippen LogP contribution < -0.4 is 4.90 Å². The molecule has 1 atom stereocenters. The number of halogens is 1. The van der Waals surface area contributed by atoms with Crippen molar-refractivity contribution >= 4 is 33.4 Å². The number of carbonyl (C=O) groups is 2. The molecular weight excluding hydrogens is 434 g/mol. The number of ketones is 1. The molecule has 1 aromatic carbocycles. The van der Waals surface area contributed by atoms with E-state index in [-0.39, 0.29) is 11.3 Å². The quantitative estimate of drug-likeness (QED) is 0.378. The number of benzene rings is 1. The van der Waals surface area contributed by atoms with Crippen LogP contribution in [0.3, 0.4) is 0 Å². The largest absolute Gasteiger partial charge is 0.507 e. The number of aromatic nitrogens is 1. The number of likely N-dealkylation sites (tertiary alicyclic amines) is 1. The highest BCUT2D eigenvalue weighted by atomic mass is 79.9. The predicted molar refractivity (Wildman–Crippen MR) is 114 cm³/mol. The molecule has 6 nitrogen and oxygen atoms in total. The van der Waals surface area contributed by atoms with Gasteiger partial charge in [0, 0.05) is 22.4 Å². The third-order valence-electron chi connectivity index (χ3n) is 5.39. The molecule has 0 radical (unpaired) electrons. The fraction of sp³-hybridized carbons (Fsp3) is 0.318. The van der Waals surface area contributed by atoms with E-state index in [1.165, 1.54) is 4.90 Å². The zero-order valence-electron chi connectivity index (χ0n) is 16.6. The van der Waals surface area contributed by atoms with E-state index >= 15 is 0 Å². The first-order chi connectivity index (χ1) is 14.0. The Bertz CT molecular complexity index is 909. The third-order valence-corrected chi connectivity index (χ3v) is 5.91. The lowest BCUT2D eigenvalue weighted by atomic mass is 9.95. The fourth-order valence-electron chi connectivity index (χ4n) is 3.65. The number of Topliss-reactive ketones (excluding diaryl/α,β-unsaturated/α-hetero) is 1. The number of amides is 1. The molecule has 2 N–H and O–H groups in total. The number of aliphatic hydroxyl groups is 1. The summed E-state index contributed by atoms with van der Waals surface area (Å²) in [7, 11) is 0. The van der Waals surface area contributed by atoms with E-state index in [4.69, 9.17) is 0 Å². The van der Waals surface area contributed by atoms with Crippen LogP contribution in [0.5, 0.6) is 0 Å². The summed E-state index contributed by atoms with van der Waals surface area (Å²) in [5.74, 6) is -1.39. The first kappa shape index (κ1) is 21.2. The zero-order valence-corrected chi connectivity index (χ0v) is 18.1. The molecule has 0 spiro atoms. The van der Waals surface area contributed by atoms with Crippen molar-refractivity contribution in [2.24, 2.45) is 0 Å². The number of rotatable bonds is 7. The second kappa shape index (κ2) is 9.33. The molecule has 1 unspecified atom stereocenters. The van der Waals surface area contributed by atoms with Gasteiger partial charge in [0.2, 0.25) is 0 Å². The molecule has 1 fully saturated rings. The number of aliphatic hydroxyl groups excluding tert-OH is 1. The molecule has 29 heavy (non-hydrogen) atoms. The molecule has 1 aromatic heterocycles. The van der Waals surface area contributed by atoms with Crippen molar-refractivity contribution in [3.63, 3.8) is 0 Å². The number of nitrogens with zero attached hydrogens (tertiary/aromatic N) is 2. The Morgan fingerprint density at radius 2 is 1.72 bits per heavy atom. The van der Waals surface area contributed by atoms with E-state index in [1.54, 1.807) is 29.4 Å². The summed E-state index contributed by atoms with van der Waals surface area (Å²) in [5.41, 5.74) is 1.38. The first-order valence-corrected chi connectivity index (χ1v) is 10.5. The average molecular weight is 459 g/mol. The number of carbonyl (C=O) groups excluding carboxylic acids is 2. The Labute approximate surface area is 179 Å². The summed E-state index contributed by atoms with van der Waals surface area (Å²) < 4.78 is 0.903.